The molecule has 0 aliphatic heterocycles. The van der Waals surface area contributed by atoms with Crippen LogP contribution in [0.25, 0.3) is 0 Å². The summed E-state index contributed by atoms with van der Waals surface area (Å²) in [7, 11) is 1.52. The Labute approximate surface area is 94.0 Å². The van der Waals surface area contributed by atoms with Crippen LogP contribution in [-0.2, 0) is 9.53 Å². The van der Waals surface area contributed by atoms with E-state index in [0.29, 0.717) is 19.8 Å². The van der Waals surface area contributed by atoms with Crippen molar-refractivity contribution in [1.82, 2.24) is 10.2 Å². The monoisotopic (exact) mass is 234 g/mol. The van der Waals surface area contributed by atoms with Crippen LogP contribution in [0.3, 0.4) is 0 Å². The van der Waals surface area contributed by atoms with Gasteiger partial charge in [0.25, 0.3) is 0 Å². The molecule has 7 heteroatoms. The van der Waals surface area contributed by atoms with Gasteiger partial charge in [-0.1, -0.05) is 0 Å². The number of rotatable bonds is 7. The molecule has 0 aromatic carbocycles. The number of likely N-dealkylation sites (N-methyl/N-ethyl adjacent to an activating group) is 1. The Morgan fingerprint density at radius 1 is 1.50 bits per heavy atom. The molecule has 16 heavy (non-hydrogen) atoms. The number of aliphatic hydroxyl groups is 1. The van der Waals surface area contributed by atoms with Crippen LogP contribution >= 0.6 is 0 Å². The maximum Gasteiger partial charge on any atom is 0.328 e. The molecule has 3 N–H and O–H groups in total. The van der Waals surface area contributed by atoms with E-state index in [0.717, 1.165) is 0 Å². The summed E-state index contributed by atoms with van der Waals surface area (Å²) in [5.41, 5.74) is 0. The maximum absolute atomic E-state index is 11.4. The molecule has 1 atom stereocenters. The van der Waals surface area contributed by atoms with Crippen LogP contribution in [-0.4, -0.2) is 66.6 Å². The topological polar surface area (TPSA) is 99.1 Å². The van der Waals surface area contributed by atoms with E-state index in [1.165, 1.54) is 11.9 Å². The van der Waals surface area contributed by atoms with Crippen LogP contribution in [0, 0.1) is 0 Å². The van der Waals surface area contributed by atoms with Gasteiger partial charge in [0.05, 0.1) is 13.2 Å². The Bertz CT molecular complexity index is 234. The van der Waals surface area contributed by atoms with Crippen molar-refractivity contribution >= 4 is 12.0 Å². The average molecular weight is 234 g/mol. The summed E-state index contributed by atoms with van der Waals surface area (Å²) in [6.45, 7) is 2.51. The molecular weight excluding hydrogens is 216 g/mol. The first-order valence-electron chi connectivity index (χ1n) is 4.96. The van der Waals surface area contributed by atoms with Gasteiger partial charge in [0, 0.05) is 20.2 Å². The number of hydrogen-bond donors (Lipinski definition) is 3. The van der Waals surface area contributed by atoms with Crippen molar-refractivity contribution in [2.24, 2.45) is 0 Å². The molecule has 1 unspecified atom stereocenters. The largest absolute Gasteiger partial charge is 0.480 e. The average Bonchev–Trinajstić information content (AvgIpc) is 2.25. The van der Waals surface area contributed by atoms with Crippen molar-refractivity contribution in [2.45, 2.75) is 13.0 Å². The summed E-state index contributed by atoms with van der Waals surface area (Å²) in [5.74, 6) is -1.27. The number of carboxylic acids is 1. The van der Waals surface area contributed by atoms with Crippen LogP contribution in [0.5, 0.6) is 0 Å². The highest BCUT2D eigenvalue weighted by Gasteiger charge is 2.20. The number of aliphatic carboxylic acids is 1. The zero-order valence-electron chi connectivity index (χ0n) is 9.47. The molecular formula is C9H18N2O5. The highest BCUT2D eigenvalue weighted by Crippen LogP contribution is 1.89. The van der Waals surface area contributed by atoms with E-state index in [1.807, 2.05) is 6.92 Å². The minimum atomic E-state index is -1.28. The second-order valence-electron chi connectivity index (χ2n) is 3.14. The smallest absolute Gasteiger partial charge is 0.328 e. The predicted octanol–water partition coefficient (Wildman–Crippen LogP) is -0.890. The minimum absolute atomic E-state index is 0.359. The Balaban J connectivity index is 3.98. The van der Waals surface area contributed by atoms with Crippen molar-refractivity contribution in [3.63, 3.8) is 0 Å². The molecule has 0 bridgehead atoms. The normalized spacial score (nSPS) is 11.9. The van der Waals surface area contributed by atoms with E-state index in [2.05, 4.69) is 5.32 Å². The molecule has 0 aliphatic rings. The number of amides is 2. The second-order valence-corrected chi connectivity index (χ2v) is 3.14. The number of carbonyl (C=O) groups excluding carboxylic acids is 1. The van der Waals surface area contributed by atoms with Crippen LogP contribution in [0.15, 0.2) is 0 Å². The van der Waals surface area contributed by atoms with Gasteiger partial charge in [0.2, 0.25) is 0 Å². The number of urea groups is 1. The number of ether oxygens (including phenoxy) is 1. The molecule has 7 nitrogen and oxygen atoms in total. The predicted molar refractivity (Wildman–Crippen MR) is 56.2 cm³/mol. The van der Waals surface area contributed by atoms with E-state index in [4.69, 9.17) is 14.9 Å². The summed E-state index contributed by atoms with van der Waals surface area (Å²) >= 11 is 0. The summed E-state index contributed by atoms with van der Waals surface area (Å²) in [6, 6.07) is -1.83. The van der Waals surface area contributed by atoms with E-state index < -0.39 is 24.6 Å². The molecule has 2 amide bonds. The lowest BCUT2D eigenvalue weighted by Gasteiger charge is -2.20. The number of carboxylic acid groups (broad SMARTS) is 1. The maximum atomic E-state index is 11.4. The molecule has 0 aromatic heterocycles. The van der Waals surface area contributed by atoms with Gasteiger partial charge in [0.1, 0.15) is 0 Å². The van der Waals surface area contributed by atoms with Crippen LogP contribution in [0.4, 0.5) is 4.79 Å². The molecule has 0 saturated carbocycles. The minimum Gasteiger partial charge on any atom is -0.480 e. The summed E-state index contributed by atoms with van der Waals surface area (Å²) in [5, 5.41) is 19.5. The van der Waals surface area contributed by atoms with Crippen molar-refractivity contribution in [2.75, 3.05) is 33.4 Å². The lowest BCUT2D eigenvalue weighted by atomic mass is 10.3. The Morgan fingerprint density at radius 3 is 2.56 bits per heavy atom. The lowest BCUT2D eigenvalue weighted by Crippen LogP contribution is -2.49. The van der Waals surface area contributed by atoms with Gasteiger partial charge in [0.15, 0.2) is 6.04 Å². The number of carbonyl (C=O) groups is 2. The van der Waals surface area contributed by atoms with Crippen LogP contribution in [0.2, 0.25) is 0 Å². The van der Waals surface area contributed by atoms with Crippen LogP contribution < -0.4 is 5.32 Å². The lowest BCUT2D eigenvalue weighted by molar-refractivity contribution is -0.140. The Kier molecular flexibility index (Phi) is 7.23. The van der Waals surface area contributed by atoms with Gasteiger partial charge >= 0.3 is 12.0 Å². The van der Waals surface area contributed by atoms with E-state index in [9.17, 15) is 9.59 Å². The van der Waals surface area contributed by atoms with Gasteiger partial charge in [-0.2, -0.15) is 0 Å². The first-order valence-corrected chi connectivity index (χ1v) is 4.96. The summed E-state index contributed by atoms with van der Waals surface area (Å²) < 4.78 is 5.05. The van der Waals surface area contributed by atoms with Gasteiger partial charge < -0.3 is 25.2 Å². The quantitative estimate of drug-likeness (QED) is 0.496. The molecule has 0 radical (unpaired) electrons. The second kappa shape index (κ2) is 7.89. The number of aliphatic hydroxyl groups excluding tert-OH is 1. The zero-order valence-corrected chi connectivity index (χ0v) is 9.47. The number of hydrogen-bond acceptors (Lipinski definition) is 4. The van der Waals surface area contributed by atoms with Gasteiger partial charge in [-0.25, -0.2) is 9.59 Å². The highest BCUT2D eigenvalue weighted by molar-refractivity contribution is 5.82. The molecule has 0 spiro atoms. The van der Waals surface area contributed by atoms with Crippen molar-refractivity contribution < 1.29 is 24.5 Å². The fraction of sp³-hybridized carbons (Fsp3) is 0.778. The molecule has 0 rings (SSSR count). The number of nitrogens with zero attached hydrogens (tertiary/aromatic N) is 1. The fourth-order valence-corrected chi connectivity index (χ4v) is 0.892. The Hall–Kier alpha value is -1.34. The standard InChI is InChI=1S/C9H18N2O5/c1-3-16-5-4-11(2)9(15)10-7(6-12)8(13)14/h7,12H,3-6H2,1-2H3,(H,10,15)(H,13,14). The highest BCUT2D eigenvalue weighted by atomic mass is 16.5. The van der Waals surface area contributed by atoms with Gasteiger partial charge in [-0.15, -0.1) is 0 Å². The van der Waals surface area contributed by atoms with Crippen molar-refractivity contribution in [3.8, 4) is 0 Å². The molecule has 0 aromatic rings. The van der Waals surface area contributed by atoms with Gasteiger partial charge in [-0.3, -0.25) is 0 Å². The van der Waals surface area contributed by atoms with Crippen LogP contribution in [0.1, 0.15) is 6.92 Å². The first-order chi connectivity index (χ1) is 7.52. The molecule has 0 saturated heterocycles. The van der Waals surface area contributed by atoms with E-state index >= 15 is 0 Å². The zero-order chi connectivity index (χ0) is 12.6. The number of nitrogens with one attached hydrogen (secondary N) is 1. The Morgan fingerprint density at radius 2 is 2.12 bits per heavy atom. The third-order valence-corrected chi connectivity index (χ3v) is 1.90. The summed E-state index contributed by atoms with van der Waals surface area (Å²) in [4.78, 5) is 23.2. The van der Waals surface area contributed by atoms with Crippen molar-refractivity contribution in [1.29, 1.82) is 0 Å². The third kappa shape index (κ3) is 5.52. The molecule has 0 heterocycles. The van der Waals surface area contributed by atoms with E-state index in [1.54, 1.807) is 0 Å². The van der Waals surface area contributed by atoms with E-state index in [-0.39, 0.29) is 0 Å². The molecule has 0 fully saturated rings. The summed E-state index contributed by atoms with van der Waals surface area (Å²) in [6.07, 6.45) is 0. The third-order valence-electron chi connectivity index (χ3n) is 1.90. The first kappa shape index (κ1) is 14.7. The molecule has 0 aliphatic carbocycles. The SMILES string of the molecule is CCOCCN(C)C(=O)NC(CO)C(=O)O. The van der Waals surface area contributed by atoms with Gasteiger partial charge in [-0.05, 0) is 6.92 Å². The molecule has 94 valence electrons. The fourth-order valence-electron chi connectivity index (χ4n) is 0.892. The van der Waals surface area contributed by atoms with Crippen molar-refractivity contribution in [3.05, 3.63) is 0 Å².